The highest BCUT2D eigenvalue weighted by Gasteiger charge is 2.17. The summed E-state index contributed by atoms with van der Waals surface area (Å²) in [6.07, 6.45) is -1.85. The number of carbonyl (C=O) groups is 1. The Morgan fingerprint density at radius 1 is 1.50 bits per heavy atom. The van der Waals surface area contributed by atoms with Gasteiger partial charge in [0, 0.05) is 0 Å². The molecule has 5 heteroatoms. The van der Waals surface area contributed by atoms with Crippen LogP contribution in [-0.4, -0.2) is 27.5 Å². The van der Waals surface area contributed by atoms with Gasteiger partial charge in [-0.1, -0.05) is 6.92 Å². The Kier molecular flexibility index (Phi) is 3.75. The first kappa shape index (κ1) is 9.19. The molecule has 59 valence electrons. The molecular formula is C5H10NO4. The van der Waals surface area contributed by atoms with E-state index in [4.69, 9.17) is 15.3 Å². The zero-order valence-corrected chi connectivity index (χ0v) is 5.53. The van der Waals surface area contributed by atoms with Crippen LogP contribution in [0.15, 0.2) is 0 Å². The molecule has 4 N–H and O–H groups in total. The molecule has 0 aliphatic rings. The second kappa shape index (κ2) is 4.08. The number of hydrogen-bond acceptors (Lipinski definition) is 3. The van der Waals surface area contributed by atoms with Gasteiger partial charge < -0.3 is 20.6 Å². The highest BCUT2D eigenvalue weighted by Crippen LogP contribution is 2.00. The molecular weight excluding hydrogens is 138 g/mol. The van der Waals surface area contributed by atoms with Crippen molar-refractivity contribution >= 4 is 6.09 Å². The van der Waals surface area contributed by atoms with E-state index in [1.165, 1.54) is 0 Å². The number of rotatable bonds is 3. The summed E-state index contributed by atoms with van der Waals surface area (Å²) in [5, 5.41) is 26.8. The van der Waals surface area contributed by atoms with Gasteiger partial charge >= 0.3 is 6.09 Å². The van der Waals surface area contributed by atoms with Crippen molar-refractivity contribution in [3.63, 3.8) is 0 Å². The van der Waals surface area contributed by atoms with Gasteiger partial charge in [-0.2, -0.15) is 0 Å². The van der Waals surface area contributed by atoms with Crippen LogP contribution in [-0.2, 0) is 0 Å². The fraction of sp³-hybridized carbons (Fsp3) is 0.600. The molecule has 0 rings (SSSR count). The summed E-state index contributed by atoms with van der Waals surface area (Å²) >= 11 is 0. The lowest BCUT2D eigenvalue weighted by molar-refractivity contribution is 0.0470. The van der Waals surface area contributed by atoms with Crippen LogP contribution in [0.2, 0.25) is 0 Å². The number of aliphatic hydroxyl groups is 2. The normalized spacial score (nSPS) is 13.2. The molecule has 0 saturated heterocycles. The molecule has 5 nitrogen and oxygen atoms in total. The van der Waals surface area contributed by atoms with Crippen LogP contribution in [0.1, 0.15) is 13.3 Å². The van der Waals surface area contributed by atoms with Gasteiger partial charge in [0.25, 0.3) is 0 Å². The molecule has 1 radical (unpaired) electrons. The van der Waals surface area contributed by atoms with Crippen LogP contribution in [0.3, 0.4) is 0 Å². The topological polar surface area (TPSA) is 89.8 Å². The van der Waals surface area contributed by atoms with Crippen molar-refractivity contribution in [1.82, 2.24) is 5.32 Å². The quantitative estimate of drug-likeness (QED) is 0.462. The van der Waals surface area contributed by atoms with Crippen molar-refractivity contribution in [3.05, 3.63) is 6.29 Å². The average Bonchev–Trinajstić information content (AvgIpc) is 1.81. The van der Waals surface area contributed by atoms with Crippen LogP contribution < -0.4 is 5.32 Å². The molecule has 0 unspecified atom stereocenters. The third-order valence-corrected chi connectivity index (χ3v) is 1.02. The largest absolute Gasteiger partial charge is 0.465 e. The predicted octanol–water partition coefficient (Wildman–Crippen LogP) is 0.267. The Balaban J connectivity index is 3.71. The summed E-state index contributed by atoms with van der Waals surface area (Å²) in [4.78, 5) is 9.93. The van der Waals surface area contributed by atoms with Gasteiger partial charge in [0.15, 0.2) is 0 Å². The summed E-state index contributed by atoms with van der Waals surface area (Å²) < 4.78 is 0. The van der Waals surface area contributed by atoms with Crippen LogP contribution in [0.25, 0.3) is 0 Å². The van der Waals surface area contributed by atoms with Crippen LogP contribution in [0.4, 0.5) is 4.79 Å². The van der Waals surface area contributed by atoms with E-state index < -0.39 is 18.4 Å². The van der Waals surface area contributed by atoms with Gasteiger partial charge in [-0.25, -0.2) is 4.79 Å². The van der Waals surface area contributed by atoms with E-state index in [0.717, 1.165) is 0 Å². The zero-order chi connectivity index (χ0) is 8.15. The molecule has 0 aromatic rings. The molecule has 1 atom stereocenters. The van der Waals surface area contributed by atoms with Crippen molar-refractivity contribution < 1.29 is 20.1 Å². The van der Waals surface area contributed by atoms with Crippen LogP contribution >= 0.6 is 0 Å². The molecule has 10 heavy (non-hydrogen) atoms. The first-order valence-corrected chi connectivity index (χ1v) is 2.82. The van der Waals surface area contributed by atoms with Crippen LogP contribution in [0, 0.1) is 6.29 Å². The summed E-state index contributed by atoms with van der Waals surface area (Å²) in [7, 11) is 0. The molecule has 0 bridgehead atoms. The number of nitrogens with one attached hydrogen (secondary N) is 1. The van der Waals surface area contributed by atoms with Gasteiger partial charge in [-0.3, -0.25) is 0 Å². The molecule has 0 saturated carbocycles. The first-order valence-electron chi connectivity index (χ1n) is 2.82. The fourth-order valence-electron chi connectivity index (χ4n) is 0.498. The molecule has 1 amide bonds. The molecule has 0 fully saturated rings. The molecule has 0 aromatic carbocycles. The lowest BCUT2D eigenvalue weighted by atomic mass is 10.2. The minimum absolute atomic E-state index is 0.314. The fourth-order valence-corrected chi connectivity index (χ4v) is 0.498. The van der Waals surface area contributed by atoms with E-state index in [2.05, 4.69) is 0 Å². The molecule has 0 aliphatic heterocycles. The van der Waals surface area contributed by atoms with Gasteiger partial charge in [0.2, 0.25) is 6.29 Å². The van der Waals surface area contributed by atoms with Crippen LogP contribution in [0.5, 0.6) is 0 Å². The van der Waals surface area contributed by atoms with Gasteiger partial charge in [0.05, 0.1) is 6.04 Å². The number of hydrogen-bond donors (Lipinski definition) is 4. The lowest BCUT2D eigenvalue weighted by Crippen LogP contribution is -2.37. The highest BCUT2D eigenvalue weighted by atomic mass is 16.5. The van der Waals surface area contributed by atoms with E-state index in [0.29, 0.717) is 6.42 Å². The maximum Gasteiger partial charge on any atom is 0.405 e. The van der Waals surface area contributed by atoms with Crippen molar-refractivity contribution in [2.75, 3.05) is 0 Å². The number of carboxylic acid groups (broad SMARTS) is 1. The molecule has 0 spiro atoms. The molecule has 0 aliphatic carbocycles. The summed E-state index contributed by atoms with van der Waals surface area (Å²) in [6.45, 7) is 1.63. The highest BCUT2D eigenvalue weighted by molar-refractivity contribution is 5.65. The van der Waals surface area contributed by atoms with Crippen molar-refractivity contribution in [3.8, 4) is 0 Å². The number of amides is 1. The van der Waals surface area contributed by atoms with Gasteiger partial charge in [-0.05, 0) is 6.42 Å². The maximum absolute atomic E-state index is 9.93. The summed E-state index contributed by atoms with van der Waals surface area (Å²) in [6, 6.07) is -0.877. The van der Waals surface area contributed by atoms with E-state index in [1.807, 2.05) is 5.32 Å². The Labute approximate surface area is 58.3 Å². The van der Waals surface area contributed by atoms with Crippen molar-refractivity contribution in [2.45, 2.75) is 19.4 Å². The minimum Gasteiger partial charge on any atom is -0.465 e. The smallest absolute Gasteiger partial charge is 0.405 e. The Bertz CT molecular complexity index is 114. The second-order valence-electron chi connectivity index (χ2n) is 1.77. The van der Waals surface area contributed by atoms with E-state index in [-0.39, 0.29) is 0 Å². The van der Waals surface area contributed by atoms with E-state index in [9.17, 15) is 4.79 Å². The summed E-state index contributed by atoms with van der Waals surface area (Å²) in [5.41, 5.74) is 0. The third-order valence-electron chi connectivity index (χ3n) is 1.02. The Morgan fingerprint density at radius 3 is 2.10 bits per heavy atom. The first-order chi connectivity index (χ1) is 4.57. The number of aliphatic hydroxyl groups excluding tert-OH is 1. The minimum atomic E-state index is -1.27. The van der Waals surface area contributed by atoms with Crippen molar-refractivity contribution in [1.29, 1.82) is 0 Å². The zero-order valence-electron chi connectivity index (χ0n) is 5.53. The maximum atomic E-state index is 9.93. The van der Waals surface area contributed by atoms with Gasteiger partial charge in [0.1, 0.15) is 0 Å². The second-order valence-corrected chi connectivity index (χ2v) is 1.77. The standard InChI is InChI=1S/C5H10NO4/c1-2-3(4(7)8)6-5(9)10/h3,6-8H,2H2,1H3,(H,9,10)/t3-/m1/s1. The van der Waals surface area contributed by atoms with E-state index in [1.54, 1.807) is 6.92 Å². The predicted molar refractivity (Wildman–Crippen MR) is 32.4 cm³/mol. The van der Waals surface area contributed by atoms with Crippen molar-refractivity contribution in [2.24, 2.45) is 0 Å². The van der Waals surface area contributed by atoms with E-state index >= 15 is 0 Å². The molecule has 0 aromatic heterocycles. The molecule has 0 heterocycles. The monoisotopic (exact) mass is 148 g/mol. The summed E-state index contributed by atoms with van der Waals surface area (Å²) in [5.74, 6) is 0. The third kappa shape index (κ3) is 3.26. The lowest BCUT2D eigenvalue weighted by Gasteiger charge is -2.14. The van der Waals surface area contributed by atoms with Gasteiger partial charge in [-0.15, -0.1) is 0 Å². The average molecular weight is 148 g/mol. The SMILES string of the molecule is CC[C@@H](NC(=O)O)[C](O)O. The Morgan fingerprint density at radius 2 is 2.00 bits per heavy atom. The Hall–Kier alpha value is -0.810.